The van der Waals surface area contributed by atoms with Crippen LogP contribution in [-0.2, 0) is 6.54 Å². The molecule has 0 unspecified atom stereocenters. The van der Waals surface area contributed by atoms with E-state index >= 15 is 0 Å². The minimum absolute atomic E-state index is 0.0871. The number of aromatic amines is 1. The molecule has 0 atom stereocenters. The minimum Gasteiger partial charge on any atom is -0.408 e. The van der Waals surface area contributed by atoms with Crippen LogP contribution in [0.1, 0.15) is 16.1 Å². The predicted molar refractivity (Wildman–Crippen MR) is 92.9 cm³/mol. The van der Waals surface area contributed by atoms with Crippen molar-refractivity contribution in [1.29, 1.82) is 0 Å². The first kappa shape index (κ1) is 14.8. The van der Waals surface area contributed by atoms with E-state index in [1.54, 1.807) is 18.2 Å². The maximum atomic E-state index is 12.8. The van der Waals surface area contributed by atoms with Crippen LogP contribution in [0.25, 0.3) is 22.0 Å². The molecular formula is C18H13ClN2O3. The van der Waals surface area contributed by atoms with Crippen LogP contribution in [0, 0.1) is 6.92 Å². The zero-order valence-electron chi connectivity index (χ0n) is 12.8. The molecule has 4 aromatic rings. The van der Waals surface area contributed by atoms with Crippen LogP contribution in [0.4, 0.5) is 0 Å². The summed E-state index contributed by atoms with van der Waals surface area (Å²) in [6.07, 6.45) is 0. The number of fused-ring (bicyclic) bond motifs is 2. The van der Waals surface area contributed by atoms with Gasteiger partial charge in [-0.15, -0.1) is 0 Å². The minimum atomic E-state index is -0.571. The molecular weight excluding hydrogens is 328 g/mol. The van der Waals surface area contributed by atoms with Crippen molar-refractivity contribution < 1.29 is 9.21 Å². The van der Waals surface area contributed by atoms with Crippen LogP contribution < -0.4 is 5.76 Å². The largest absolute Gasteiger partial charge is 0.420 e. The van der Waals surface area contributed by atoms with Crippen molar-refractivity contribution in [3.63, 3.8) is 0 Å². The summed E-state index contributed by atoms with van der Waals surface area (Å²) in [5, 5.41) is 1.33. The van der Waals surface area contributed by atoms with E-state index in [0.29, 0.717) is 21.7 Å². The third kappa shape index (κ3) is 2.25. The molecule has 2 heterocycles. The summed E-state index contributed by atoms with van der Waals surface area (Å²) < 4.78 is 6.51. The fourth-order valence-corrected chi connectivity index (χ4v) is 3.21. The van der Waals surface area contributed by atoms with Gasteiger partial charge >= 0.3 is 5.76 Å². The maximum Gasteiger partial charge on any atom is 0.420 e. The van der Waals surface area contributed by atoms with Crippen molar-refractivity contribution in [2.75, 3.05) is 0 Å². The van der Waals surface area contributed by atoms with E-state index in [1.807, 2.05) is 31.2 Å². The second-order valence-corrected chi connectivity index (χ2v) is 6.10. The monoisotopic (exact) mass is 340 g/mol. The highest BCUT2D eigenvalue weighted by molar-refractivity contribution is 6.31. The molecule has 24 heavy (non-hydrogen) atoms. The fourth-order valence-electron chi connectivity index (χ4n) is 3.05. The number of ketones is 1. The van der Waals surface area contributed by atoms with Crippen LogP contribution in [0.5, 0.6) is 0 Å². The summed E-state index contributed by atoms with van der Waals surface area (Å²) in [5.41, 5.74) is 3.20. The number of oxazole rings is 1. The van der Waals surface area contributed by atoms with E-state index in [0.717, 1.165) is 16.6 Å². The molecule has 6 heteroatoms. The van der Waals surface area contributed by atoms with Gasteiger partial charge in [0.25, 0.3) is 0 Å². The highest BCUT2D eigenvalue weighted by atomic mass is 35.5. The lowest BCUT2D eigenvalue weighted by atomic mass is 10.1. The average Bonchev–Trinajstić information content (AvgIpc) is 3.03. The average molecular weight is 341 g/mol. The molecule has 0 radical (unpaired) electrons. The number of aromatic nitrogens is 2. The molecule has 0 fully saturated rings. The number of carbonyl (C=O) groups excluding carboxylic acids is 1. The van der Waals surface area contributed by atoms with Gasteiger partial charge in [0.2, 0.25) is 0 Å². The van der Waals surface area contributed by atoms with E-state index < -0.39 is 5.76 Å². The highest BCUT2D eigenvalue weighted by Crippen LogP contribution is 2.24. The Balaban J connectivity index is 1.81. The lowest BCUT2D eigenvalue weighted by Crippen LogP contribution is -2.20. The van der Waals surface area contributed by atoms with Gasteiger partial charge < -0.3 is 9.40 Å². The number of nitrogens with zero attached hydrogens (tertiary/aromatic N) is 1. The zero-order chi connectivity index (χ0) is 16.8. The predicted octanol–water partition coefficient (Wildman–Crippen LogP) is 3.92. The molecule has 1 N–H and O–H groups in total. The van der Waals surface area contributed by atoms with Crippen molar-refractivity contribution in [1.82, 2.24) is 9.55 Å². The zero-order valence-corrected chi connectivity index (χ0v) is 13.6. The number of Topliss-reactive ketones (excluding diaryl/α,β-unsaturated/α-hetero) is 1. The number of hydrogen-bond acceptors (Lipinski definition) is 3. The number of carbonyl (C=O) groups is 1. The number of para-hydroxylation sites is 1. The molecule has 4 rings (SSSR count). The van der Waals surface area contributed by atoms with E-state index in [2.05, 4.69) is 4.98 Å². The highest BCUT2D eigenvalue weighted by Gasteiger charge is 2.19. The first-order valence-corrected chi connectivity index (χ1v) is 7.82. The fraction of sp³-hybridized carbons (Fsp3) is 0.111. The summed E-state index contributed by atoms with van der Waals surface area (Å²) in [7, 11) is 0. The quantitative estimate of drug-likeness (QED) is 0.575. The van der Waals surface area contributed by atoms with Crippen LogP contribution in [0.2, 0.25) is 5.02 Å². The van der Waals surface area contributed by atoms with Crippen molar-refractivity contribution in [2.24, 2.45) is 0 Å². The lowest BCUT2D eigenvalue weighted by Gasteiger charge is -2.03. The summed E-state index contributed by atoms with van der Waals surface area (Å²) in [6, 6.07) is 12.5. The Morgan fingerprint density at radius 1 is 1.25 bits per heavy atom. The standard InChI is InChI=1S/C18H13ClN2O3/c1-10-17(12-4-2-3-5-13(12)20-10)15(22)9-21-14-7-6-11(19)8-16(14)24-18(21)23/h2-8,20H,9H2,1H3. The van der Waals surface area contributed by atoms with Gasteiger partial charge in [-0.25, -0.2) is 4.79 Å². The van der Waals surface area contributed by atoms with Crippen molar-refractivity contribution in [3.8, 4) is 0 Å². The van der Waals surface area contributed by atoms with Gasteiger partial charge in [-0.3, -0.25) is 9.36 Å². The lowest BCUT2D eigenvalue weighted by molar-refractivity contribution is 0.0971. The maximum absolute atomic E-state index is 12.8. The molecule has 0 saturated heterocycles. The molecule has 0 aliphatic heterocycles. The Morgan fingerprint density at radius 3 is 2.88 bits per heavy atom. The van der Waals surface area contributed by atoms with Crippen molar-refractivity contribution in [2.45, 2.75) is 13.5 Å². The summed E-state index contributed by atoms with van der Waals surface area (Å²) in [6.45, 7) is 1.76. The van der Waals surface area contributed by atoms with Gasteiger partial charge in [-0.1, -0.05) is 29.8 Å². The first-order chi connectivity index (χ1) is 11.5. The summed E-state index contributed by atoms with van der Waals surface area (Å²) in [5.74, 6) is -0.720. The van der Waals surface area contributed by atoms with E-state index in [9.17, 15) is 9.59 Å². The molecule has 2 aromatic heterocycles. The number of rotatable bonds is 3. The Labute approximate surface area is 141 Å². The van der Waals surface area contributed by atoms with Crippen LogP contribution in [0.15, 0.2) is 51.7 Å². The van der Waals surface area contributed by atoms with Crippen LogP contribution >= 0.6 is 11.6 Å². The second kappa shape index (κ2) is 5.39. The third-order valence-electron chi connectivity index (χ3n) is 4.10. The number of hydrogen-bond donors (Lipinski definition) is 1. The number of nitrogens with one attached hydrogen (secondary N) is 1. The van der Waals surface area contributed by atoms with E-state index in [1.165, 1.54) is 4.57 Å². The molecule has 0 aliphatic carbocycles. The normalized spacial score (nSPS) is 11.4. The summed E-state index contributed by atoms with van der Waals surface area (Å²) in [4.78, 5) is 28.1. The van der Waals surface area contributed by atoms with Gasteiger partial charge in [0.15, 0.2) is 11.4 Å². The SMILES string of the molecule is Cc1[nH]c2ccccc2c1C(=O)Cn1c(=O)oc2cc(Cl)ccc21. The molecule has 0 bridgehead atoms. The number of halogens is 1. The Morgan fingerprint density at radius 2 is 2.04 bits per heavy atom. The van der Waals surface area contributed by atoms with Gasteiger partial charge in [0.05, 0.1) is 12.1 Å². The van der Waals surface area contributed by atoms with Crippen molar-refractivity contribution in [3.05, 3.63) is 69.3 Å². The Bertz CT molecular complexity index is 1150. The van der Waals surface area contributed by atoms with Crippen molar-refractivity contribution >= 4 is 39.4 Å². The topological polar surface area (TPSA) is 68.0 Å². The molecule has 5 nitrogen and oxygen atoms in total. The molecule has 0 saturated carbocycles. The van der Waals surface area contributed by atoms with Crippen LogP contribution in [-0.4, -0.2) is 15.3 Å². The Kier molecular flexibility index (Phi) is 3.32. The number of benzene rings is 2. The first-order valence-electron chi connectivity index (χ1n) is 7.44. The molecule has 2 aromatic carbocycles. The smallest absolute Gasteiger partial charge is 0.408 e. The van der Waals surface area contributed by atoms with Gasteiger partial charge in [-0.05, 0) is 25.1 Å². The summed E-state index contributed by atoms with van der Waals surface area (Å²) >= 11 is 5.91. The second-order valence-electron chi connectivity index (χ2n) is 5.66. The molecule has 0 spiro atoms. The van der Waals surface area contributed by atoms with Crippen LogP contribution in [0.3, 0.4) is 0 Å². The third-order valence-corrected chi connectivity index (χ3v) is 4.34. The van der Waals surface area contributed by atoms with Gasteiger partial charge in [0, 0.05) is 33.2 Å². The van der Waals surface area contributed by atoms with Gasteiger partial charge in [-0.2, -0.15) is 0 Å². The van der Waals surface area contributed by atoms with E-state index in [-0.39, 0.29) is 12.3 Å². The molecule has 0 aliphatic rings. The molecule has 120 valence electrons. The number of H-pyrrole nitrogens is 1. The Hall–Kier alpha value is -2.79. The van der Waals surface area contributed by atoms with E-state index in [4.69, 9.17) is 16.0 Å². The number of aryl methyl sites for hydroxylation is 1. The van der Waals surface area contributed by atoms with Gasteiger partial charge in [0.1, 0.15) is 0 Å². The molecule has 0 amide bonds.